The summed E-state index contributed by atoms with van der Waals surface area (Å²) in [4.78, 5) is 5.13. The normalized spacial score (nSPS) is 12.1. The second kappa shape index (κ2) is 6.50. The highest BCUT2D eigenvalue weighted by molar-refractivity contribution is 7.11. The van der Waals surface area contributed by atoms with Gasteiger partial charge in [0.25, 0.3) is 0 Å². The van der Waals surface area contributed by atoms with Gasteiger partial charge in [0.2, 0.25) is 0 Å². The molecule has 1 heterocycles. The minimum atomic E-state index is 0.181. The van der Waals surface area contributed by atoms with E-state index in [1.807, 2.05) is 11.3 Å². The van der Waals surface area contributed by atoms with Crippen molar-refractivity contribution in [3.8, 4) is 0 Å². The summed E-state index contributed by atoms with van der Waals surface area (Å²) in [6, 6.07) is 4.46. The number of hydrogen-bond acceptors (Lipinski definition) is 3. The summed E-state index contributed by atoms with van der Waals surface area (Å²) in [5.41, 5.74) is 1.39. The fraction of sp³-hybridized carbons (Fsp3) is 0.600. The molecule has 0 saturated carbocycles. The number of thiophene rings is 1. The Hall–Kier alpha value is -0.640. The fourth-order valence-electron chi connectivity index (χ4n) is 1.74. The van der Waals surface area contributed by atoms with Crippen LogP contribution in [0, 0.1) is 0 Å². The van der Waals surface area contributed by atoms with Crippen molar-refractivity contribution < 1.29 is 0 Å². The molecule has 0 unspecified atom stereocenters. The molecular weight excluding hydrogens is 240 g/mol. The molecule has 0 aliphatic heterocycles. The van der Waals surface area contributed by atoms with Crippen LogP contribution in [0.5, 0.6) is 0 Å². The lowest BCUT2D eigenvalue weighted by Crippen LogP contribution is -2.34. The Balaban J connectivity index is 2.45. The molecule has 1 aromatic rings. The van der Waals surface area contributed by atoms with E-state index >= 15 is 0 Å². The molecule has 0 atom stereocenters. The quantitative estimate of drug-likeness (QED) is 0.791. The SMILES string of the molecule is C=C(C)CN(C)Cc1ccc(CNC(C)(C)C)s1. The van der Waals surface area contributed by atoms with Crippen LogP contribution in [0.1, 0.15) is 37.4 Å². The van der Waals surface area contributed by atoms with Crippen LogP contribution in [0.25, 0.3) is 0 Å². The van der Waals surface area contributed by atoms with Gasteiger partial charge in [-0.25, -0.2) is 0 Å². The minimum absolute atomic E-state index is 0.181. The first kappa shape index (κ1) is 15.4. The van der Waals surface area contributed by atoms with Crippen LogP contribution in [-0.2, 0) is 13.1 Å². The summed E-state index contributed by atoms with van der Waals surface area (Å²) in [7, 11) is 2.14. The molecule has 0 saturated heterocycles. The zero-order chi connectivity index (χ0) is 13.8. The van der Waals surface area contributed by atoms with Crippen LogP contribution in [-0.4, -0.2) is 24.0 Å². The first-order valence-corrected chi connectivity index (χ1v) is 7.23. The van der Waals surface area contributed by atoms with Gasteiger partial charge in [0.15, 0.2) is 0 Å². The van der Waals surface area contributed by atoms with Gasteiger partial charge in [0.05, 0.1) is 0 Å². The van der Waals surface area contributed by atoms with Crippen molar-refractivity contribution in [2.75, 3.05) is 13.6 Å². The molecule has 2 nitrogen and oxygen atoms in total. The Bertz CT molecular complexity index is 387. The predicted molar refractivity (Wildman–Crippen MR) is 82.1 cm³/mol. The number of nitrogens with one attached hydrogen (secondary N) is 1. The third-order valence-corrected chi connectivity index (χ3v) is 3.55. The van der Waals surface area contributed by atoms with Crippen molar-refractivity contribution in [1.82, 2.24) is 10.2 Å². The highest BCUT2D eigenvalue weighted by Gasteiger charge is 2.10. The van der Waals surface area contributed by atoms with Crippen molar-refractivity contribution in [2.24, 2.45) is 0 Å². The van der Waals surface area contributed by atoms with Crippen LogP contribution in [0.2, 0.25) is 0 Å². The van der Waals surface area contributed by atoms with Crippen LogP contribution >= 0.6 is 11.3 Å². The smallest absolute Gasteiger partial charge is 0.0328 e. The topological polar surface area (TPSA) is 15.3 Å². The van der Waals surface area contributed by atoms with E-state index in [1.165, 1.54) is 15.3 Å². The van der Waals surface area contributed by atoms with Gasteiger partial charge < -0.3 is 5.32 Å². The van der Waals surface area contributed by atoms with Gasteiger partial charge in [0, 0.05) is 34.9 Å². The summed E-state index contributed by atoms with van der Waals surface area (Å²) in [5.74, 6) is 0. The lowest BCUT2D eigenvalue weighted by atomic mass is 10.1. The van der Waals surface area contributed by atoms with Crippen molar-refractivity contribution in [1.29, 1.82) is 0 Å². The van der Waals surface area contributed by atoms with Crippen molar-refractivity contribution >= 4 is 11.3 Å². The summed E-state index contributed by atoms with van der Waals surface area (Å²) < 4.78 is 0. The molecule has 0 fully saturated rings. The Kier molecular flexibility index (Phi) is 5.57. The predicted octanol–water partition coefficient (Wildman–Crippen LogP) is 3.64. The zero-order valence-electron chi connectivity index (χ0n) is 12.3. The van der Waals surface area contributed by atoms with Crippen molar-refractivity contribution in [3.05, 3.63) is 34.0 Å². The van der Waals surface area contributed by atoms with E-state index < -0.39 is 0 Å². The molecular formula is C15H26N2S. The van der Waals surface area contributed by atoms with Crippen molar-refractivity contribution in [2.45, 2.75) is 46.3 Å². The fourth-order valence-corrected chi connectivity index (χ4v) is 2.78. The molecule has 0 aromatic carbocycles. The van der Waals surface area contributed by atoms with E-state index in [0.717, 1.165) is 19.6 Å². The van der Waals surface area contributed by atoms with Gasteiger partial charge in [-0.2, -0.15) is 0 Å². The molecule has 0 aliphatic rings. The first-order chi connectivity index (χ1) is 8.26. The molecule has 102 valence electrons. The Morgan fingerprint density at radius 2 is 1.94 bits per heavy atom. The number of rotatable bonds is 6. The first-order valence-electron chi connectivity index (χ1n) is 6.42. The average Bonchev–Trinajstić information content (AvgIpc) is 2.60. The van der Waals surface area contributed by atoms with E-state index in [9.17, 15) is 0 Å². The second-order valence-corrected chi connectivity index (χ2v) is 7.35. The van der Waals surface area contributed by atoms with E-state index in [4.69, 9.17) is 0 Å². The average molecular weight is 266 g/mol. The van der Waals surface area contributed by atoms with E-state index in [0.29, 0.717) is 0 Å². The van der Waals surface area contributed by atoms with Gasteiger partial charge in [-0.1, -0.05) is 12.2 Å². The molecule has 0 spiro atoms. The van der Waals surface area contributed by atoms with Gasteiger partial charge in [0.1, 0.15) is 0 Å². The van der Waals surface area contributed by atoms with E-state index in [1.54, 1.807) is 0 Å². The lowest BCUT2D eigenvalue weighted by Gasteiger charge is -2.19. The van der Waals surface area contributed by atoms with Crippen LogP contribution < -0.4 is 5.32 Å². The third-order valence-electron chi connectivity index (χ3n) is 2.48. The monoisotopic (exact) mass is 266 g/mol. The van der Waals surface area contributed by atoms with Gasteiger partial charge in [-0.15, -0.1) is 11.3 Å². The van der Waals surface area contributed by atoms with Crippen molar-refractivity contribution in [3.63, 3.8) is 0 Å². The lowest BCUT2D eigenvalue weighted by molar-refractivity contribution is 0.359. The Morgan fingerprint density at radius 3 is 2.50 bits per heavy atom. The summed E-state index contributed by atoms with van der Waals surface area (Å²) >= 11 is 1.90. The van der Waals surface area contributed by atoms with Gasteiger partial charge in [-0.05, 0) is 46.9 Å². The maximum Gasteiger partial charge on any atom is 0.0328 e. The zero-order valence-corrected chi connectivity index (χ0v) is 13.2. The van der Waals surface area contributed by atoms with Crippen LogP contribution in [0.15, 0.2) is 24.3 Å². The molecule has 0 aliphatic carbocycles. The van der Waals surface area contributed by atoms with Gasteiger partial charge >= 0.3 is 0 Å². The Morgan fingerprint density at radius 1 is 1.33 bits per heavy atom. The second-order valence-electron chi connectivity index (χ2n) is 6.10. The van der Waals surface area contributed by atoms with Crippen LogP contribution in [0.3, 0.4) is 0 Å². The molecule has 0 amide bonds. The highest BCUT2D eigenvalue weighted by atomic mass is 32.1. The number of hydrogen-bond donors (Lipinski definition) is 1. The minimum Gasteiger partial charge on any atom is -0.307 e. The number of nitrogens with zero attached hydrogens (tertiary/aromatic N) is 1. The largest absolute Gasteiger partial charge is 0.307 e. The third kappa shape index (κ3) is 6.34. The summed E-state index contributed by atoms with van der Waals surface area (Å²) in [6.07, 6.45) is 0. The Labute approximate surface area is 116 Å². The molecule has 0 radical (unpaired) electrons. The van der Waals surface area contributed by atoms with Crippen LogP contribution in [0.4, 0.5) is 0 Å². The summed E-state index contributed by atoms with van der Waals surface area (Å²) in [6.45, 7) is 15.5. The molecule has 1 rings (SSSR count). The maximum absolute atomic E-state index is 3.95. The molecule has 1 N–H and O–H groups in total. The molecule has 3 heteroatoms. The molecule has 0 bridgehead atoms. The maximum atomic E-state index is 3.95. The highest BCUT2D eigenvalue weighted by Crippen LogP contribution is 2.19. The van der Waals surface area contributed by atoms with Gasteiger partial charge in [-0.3, -0.25) is 4.90 Å². The molecule has 1 aromatic heterocycles. The van der Waals surface area contributed by atoms with E-state index in [2.05, 4.69) is 63.7 Å². The molecule has 18 heavy (non-hydrogen) atoms. The summed E-state index contributed by atoms with van der Waals surface area (Å²) in [5, 5.41) is 3.52. The number of likely N-dealkylation sites (N-methyl/N-ethyl adjacent to an activating group) is 1. The standard InChI is InChI=1S/C15H26N2S/c1-12(2)10-17(6)11-14-8-7-13(18-14)9-16-15(3,4)5/h7-8,16H,1,9-11H2,2-6H3. The van der Waals surface area contributed by atoms with E-state index in [-0.39, 0.29) is 5.54 Å².